The van der Waals surface area contributed by atoms with Crippen LogP contribution in [0.3, 0.4) is 0 Å². The van der Waals surface area contributed by atoms with Crippen LogP contribution in [0.2, 0.25) is 0 Å². The summed E-state index contributed by atoms with van der Waals surface area (Å²) in [5, 5.41) is 0. The van der Waals surface area contributed by atoms with Gasteiger partial charge in [0, 0.05) is 44.5 Å². The SMILES string of the molecule is CS(=O)(=O)c1cccc(C(=O)N2CCCN(CCOc3ccccc3)CC2)c1. The van der Waals surface area contributed by atoms with E-state index < -0.39 is 9.84 Å². The lowest BCUT2D eigenvalue weighted by Crippen LogP contribution is -2.36. The van der Waals surface area contributed by atoms with Gasteiger partial charge in [0.15, 0.2) is 9.84 Å². The highest BCUT2D eigenvalue weighted by Gasteiger charge is 2.21. The summed E-state index contributed by atoms with van der Waals surface area (Å²) in [6.07, 6.45) is 2.03. The molecule has 1 amide bonds. The normalized spacial score (nSPS) is 15.8. The lowest BCUT2D eigenvalue weighted by molar-refractivity contribution is 0.0760. The molecule has 0 bridgehead atoms. The van der Waals surface area contributed by atoms with Gasteiger partial charge in [-0.05, 0) is 36.8 Å². The number of para-hydroxylation sites is 1. The van der Waals surface area contributed by atoms with Crippen LogP contribution in [-0.2, 0) is 9.84 Å². The first-order chi connectivity index (χ1) is 13.4. The molecule has 2 aromatic rings. The number of amides is 1. The van der Waals surface area contributed by atoms with E-state index in [1.54, 1.807) is 17.0 Å². The summed E-state index contributed by atoms with van der Waals surface area (Å²) >= 11 is 0. The zero-order chi connectivity index (χ0) is 20.0. The van der Waals surface area contributed by atoms with E-state index in [4.69, 9.17) is 4.74 Å². The molecule has 0 spiro atoms. The highest BCUT2D eigenvalue weighted by molar-refractivity contribution is 7.90. The second-order valence-electron chi connectivity index (χ2n) is 6.95. The third-order valence-corrected chi connectivity index (χ3v) is 5.91. The summed E-state index contributed by atoms with van der Waals surface area (Å²) in [4.78, 5) is 17.1. The van der Waals surface area contributed by atoms with Crippen LogP contribution in [-0.4, -0.2) is 69.7 Å². The molecular formula is C21H26N2O4S. The predicted molar refractivity (Wildman–Crippen MR) is 108 cm³/mol. The summed E-state index contributed by atoms with van der Waals surface area (Å²) < 4.78 is 29.2. The van der Waals surface area contributed by atoms with Crippen LogP contribution >= 0.6 is 0 Å². The van der Waals surface area contributed by atoms with Crippen molar-refractivity contribution in [2.45, 2.75) is 11.3 Å². The van der Waals surface area contributed by atoms with Gasteiger partial charge < -0.3 is 9.64 Å². The maximum Gasteiger partial charge on any atom is 0.253 e. The molecule has 6 nitrogen and oxygen atoms in total. The van der Waals surface area contributed by atoms with Gasteiger partial charge in [-0.3, -0.25) is 9.69 Å². The topological polar surface area (TPSA) is 66.9 Å². The van der Waals surface area contributed by atoms with Crippen molar-refractivity contribution in [3.05, 3.63) is 60.2 Å². The van der Waals surface area contributed by atoms with Gasteiger partial charge in [0.2, 0.25) is 0 Å². The monoisotopic (exact) mass is 402 g/mol. The van der Waals surface area contributed by atoms with Crippen LogP contribution in [0.5, 0.6) is 5.75 Å². The number of carbonyl (C=O) groups excluding carboxylic acids is 1. The molecule has 1 fully saturated rings. The molecule has 0 N–H and O–H groups in total. The van der Waals surface area contributed by atoms with Crippen LogP contribution < -0.4 is 4.74 Å². The largest absolute Gasteiger partial charge is 0.492 e. The van der Waals surface area contributed by atoms with Crippen molar-refractivity contribution >= 4 is 15.7 Å². The van der Waals surface area contributed by atoms with Crippen LogP contribution in [0.1, 0.15) is 16.8 Å². The second kappa shape index (κ2) is 9.21. The lowest BCUT2D eigenvalue weighted by Gasteiger charge is -2.22. The Kier molecular flexibility index (Phi) is 6.70. The van der Waals surface area contributed by atoms with E-state index >= 15 is 0 Å². The molecule has 0 aliphatic carbocycles. The lowest BCUT2D eigenvalue weighted by atomic mass is 10.2. The van der Waals surface area contributed by atoms with Crippen LogP contribution in [0, 0.1) is 0 Å². The minimum atomic E-state index is -3.33. The summed E-state index contributed by atoms with van der Waals surface area (Å²) in [5.74, 6) is 0.743. The summed E-state index contributed by atoms with van der Waals surface area (Å²) in [6, 6.07) is 16.0. The number of rotatable bonds is 6. The van der Waals surface area contributed by atoms with Gasteiger partial charge >= 0.3 is 0 Å². The molecular weight excluding hydrogens is 376 g/mol. The van der Waals surface area contributed by atoms with E-state index in [9.17, 15) is 13.2 Å². The van der Waals surface area contributed by atoms with E-state index in [0.29, 0.717) is 25.3 Å². The second-order valence-corrected chi connectivity index (χ2v) is 8.96. The van der Waals surface area contributed by atoms with Crippen LogP contribution in [0.25, 0.3) is 0 Å². The summed E-state index contributed by atoms with van der Waals surface area (Å²) in [6.45, 7) is 4.38. The molecule has 1 heterocycles. The zero-order valence-electron chi connectivity index (χ0n) is 16.1. The van der Waals surface area contributed by atoms with Gasteiger partial charge in [-0.15, -0.1) is 0 Å². The zero-order valence-corrected chi connectivity index (χ0v) is 16.9. The molecule has 1 saturated heterocycles. The van der Waals surface area contributed by atoms with Crippen LogP contribution in [0.15, 0.2) is 59.5 Å². The first-order valence-corrected chi connectivity index (χ1v) is 11.3. The van der Waals surface area contributed by atoms with Gasteiger partial charge in [0.1, 0.15) is 12.4 Å². The van der Waals surface area contributed by atoms with Crippen molar-refractivity contribution in [2.24, 2.45) is 0 Å². The van der Waals surface area contributed by atoms with E-state index in [0.717, 1.165) is 38.1 Å². The molecule has 28 heavy (non-hydrogen) atoms. The number of hydrogen-bond donors (Lipinski definition) is 0. The Bertz CT molecular complexity index is 900. The Morgan fingerprint density at radius 1 is 1.00 bits per heavy atom. The van der Waals surface area contributed by atoms with Crippen molar-refractivity contribution in [1.29, 1.82) is 0 Å². The number of sulfone groups is 1. The van der Waals surface area contributed by atoms with Crippen molar-refractivity contribution < 1.29 is 17.9 Å². The van der Waals surface area contributed by atoms with Gasteiger partial charge in [-0.25, -0.2) is 8.42 Å². The molecule has 7 heteroatoms. The third kappa shape index (κ3) is 5.56. The third-order valence-electron chi connectivity index (χ3n) is 4.80. The average Bonchev–Trinajstić information content (AvgIpc) is 2.93. The van der Waals surface area contributed by atoms with E-state index in [-0.39, 0.29) is 10.8 Å². The first kappa shape index (κ1) is 20.4. The summed E-state index contributed by atoms with van der Waals surface area (Å²) in [7, 11) is -3.33. The highest BCUT2D eigenvalue weighted by atomic mass is 32.2. The number of carbonyl (C=O) groups is 1. The molecule has 0 aromatic heterocycles. The fraction of sp³-hybridized carbons (Fsp3) is 0.381. The quantitative estimate of drug-likeness (QED) is 0.742. The fourth-order valence-corrected chi connectivity index (χ4v) is 3.92. The predicted octanol–water partition coefficient (Wildman–Crippen LogP) is 2.32. The van der Waals surface area contributed by atoms with E-state index in [1.165, 1.54) is 12.1 Å². The maximum absolute atomic E-state index is 12.8. The van der Waals surface area contributed by atoms with E-state index in [2.05, 4.69) is 4.90 Å². The highest BCUT2D eigenvalue weighted by Crippen LogP contribution is 2.15. The van der Waals surface area contributed by atoms with Crippen molar-refractivity contribution in [1.82, 2.24) is 9.80 Å². The smallest absolute Gasteiger partial charge is 0.253 e. The molecule has 3 rings (SSSR count). The number of hydrogen-bond acceptors (Lipinski definition) is 5. The Morgan fingerprint density at radius 2 is 1.79 bits per heavy atom. The maximum atomic E-state index is 12.8. The van der Waals surface area contributed by atoms with Gasteiger partial charge in [-0.2, -0.15) is 0 Å². The Balaban J connectivity index is 1.54. The standard InChI is InChI=1S/C21H26N2O4S/c1-28(25,26)20-10-5-7-18(17-20)21(24)23-12-6-11-22(13-14-23)15-16-27-19-8-3-2-4-9-19/h2-5,7-10,17H,6,11-16H2,1H3. The molecule has 150 valence electrons. The molecule has 2 aromatic carbocycles. The number of ether oxygens (including phenoxy) is 1. The van der Waals surface area contributed by atoms with Gasteiger partial charge in [0.25, 0.3) is 5.91 Å². The molecule has 1 aliphatic rings. The minimum absolute atomic E-state index is 0.118. The van der Waals surface area contributed by atoms with Crippen molar-refractivity contribution in [2.75, 3.05) is 45.6 Å². The van der Waals surface area contributed by atoms with Crippen molar-refractivity contribution in [3.63, 3.8) is 0 Å². The molecule has 1 aliphatic heterocycles. The Labute approximate surface area is 166 Å². The van der Waals surface area contributed by atoms with E-state index in [1.807, 2.05) is 30.3 Å². The van der Waals surface area contributed by atoms with Crippen LogP contribution in [0.4, 0.5) is 0 Å². The van der Waals surface area contributed by atoms with Gasteiger partial charge in [0.05, 0.1) is 4.90 Å². The first-order valence-electron chi connectivity index (χ1n) is 9.43. The number of benzene rings is 2. The molecule has 0 atom stereocenters. The fourth-order valence-electron chi connectivity index (χ4n) is 3.25. The number of nitrogens with zero attached hydrogens (tertiary/aromatic N) is 2. The minimum Gasteiger partial charge on any atom is -0.492 e. The van der Waals surface area contributed by atoms with Gasteiger partial charge in [-0.1, -0.05) is 24.3 Å². The molecule has 0 unspecified atom stereocenters. The Hall–Kier alpha value is -2.38. The molecule has 0 saturated carbocycles. The molecule has 0 radical (unpaired) electrons. The average molecular weight is 403 g/mol. The van der Waals surface area contributed by atoms with Crippen molar-refractivity contribution in [3.8, 4) is 5.75 Å². The summed E-state index contributed by atoms with van der Waals surface area (Å²) in [5.41, 5.74) is 0.420. The Morgan fingerprint density at radius 3 is 2.54 bits per heavy atom.